The van der Waals surface area contributed by atoms with Crippen molar-refractivity contribution in [1.29, 1.82) is 0 Å². The molecule has 23 heavy (non-hydrogen) atoms. The molecule has 0 saturated heterocycles. The molecule has 1 amide bonds. The molecule has 2 aromatic carbocycles. The van der Waals surface area contributed by atoms with E-state index >= 15 is 0 Å². The van der Waals surface area contributed by atoms with Gasteiger partial charge in [-0.1, -0.05) is 17.3 Å². The van der Waals surface area contributed by atoms with Crippen molar-refractivity contribution >= 4 is 11.6 Å². The first-order valence-corrected chi connectivity index (χ1v) is 7.15. The zero-order valence-electron chi connectivity index (χ0n) is 12.8. The molecule has 116 valence electrons. The third kappa shape index (κ3) is 3.13. The number of amides is 1. The van der Waals surface area contributed by atoms with Gasteiger partial charge in [-0.25, -0.2) is 4.39 Å². The summed E-state index contributed by atoms with van der Waals surface area (Å²) in [4.78, 5) is 12.3. The molecule has 0 radical (unpaired) electrons. The van der Waals surface area contributed by atoms with Crippen molar-refractivity contribution in [2.45, 2.75) is 13.8 Å². The summed E-state index contributed by atoms with van der Waals surface area (Å²) in [6.45, 7) is 3.92. The minimum Gasteiger partial charge on any atom is -0.355 e. The molecule has 3 rings (SSSR count). The predicted molar refractivity (Wildman–Crippen MR) is 85.8 cm³/mol. The van der Waals surface area contributed by atoms with Gasteiger partial charge >= 0.3 is 0 Å². The average molecular weight is 310 g/mol. The Morgan fingerprint density at radius 1 is 1.13 bits per heavy atom. The lowest BCUT2D eigenvalue weighted by molar-refractivity contribution is 0.101. The topological polar surface area (TPSA) is 55.1 Å². The molecule has 1 N–H and O–H groups in total. The number of aryl methyl sites for hydroxylation is 1. The summed E-state index contributed by atoms with van der Waals surface area (Å²) in [7, 11) is 0. The Kier molecular flexibility index (Phi) is 3.93. The molecule has 3 aromatic rings. The minimum atomic E-state index is -0.351. The highest BCUT2D eigenvalue weighted by atomic mass is 19.1. The second-order valence-electron chi connectivity index (χ2n) is 5.28. The lowest BCUT2D eigenvalue weighted by Gasteiger charge is -2.08. The van der Waals surface area contributed by atoms with E-state index in [-0.39, 0.29) is 17.4 Å². The monoisotopic (exact) mass is 310 g/mol. The number of benzene rings is 2. The van der Waals surface area contributed by atoms with Gasteiger partial charge in [-0.2, -0.15) is 0 Å². The summed E-state index contributed by atoms with van der Waals surface area (Å²) < 4.78 is 18.1. The molecule has 0 spiro atoms. The Hall–Kier alpha value is -2.95. The number of halogens is 1. The van der Waals surface area contributed by atoms with Crippen LogP contribution in [0.1, 0.15) is 21.6 Å². The Morgan fingerprint density at radius 2 is 1.87 bits per heavy atom. The zero-order valence-corrected chi connectivity index (χ0v) is 12.8. The van der Waals surface area contributed by atoms with Gasteiger partial charge in [-0.3, -0.25) is 4.79 Å². The highest BCUT2D eigenvalue weighted by Gasteiger charge is 2.15. The van der Waals surface area contributed by atoms with Crippen LogP contribution in [0.15, 0.2) is 53.1 Å². The standard InChI is InChI=1S/C18H15FN2O2/c1-11-4-3-5-15(12(11)2)20-18(22)16-10-17(23-21-16)13-6-8-14(19)9-7-13/h3-10H,1-2H3,(H,20,22). The highest BCUT2D eigenvalue weighted by Crippen LogP contribution is 2.22. The summed E-state index contributed by atoms with van der Waals surface area (Å²) in [5, 5.41) is 6.60. The number of nitrogens with one attached hydrogen (secondary N) is 1. The van der Waals surface area contributed by atoms with Crippen LogP contribution in [0.2, 0.25) is 0 Å². The predicted octanol–water partition coefficient (Wildman–Crippen LogP) is 4.35. The first kappa shape index (κ1) is 15.0. The quantitative estimate of drug-likeness (QED) is 0.782. The van der Waals surface area contributed by atoms with Crippen LogP contribution < -0.4 is 5.32 Å². The largest absolute Gasteiger partial charge is 0.355 e. The minimum absolute atomic E-state index is 0.172. The van der Waals surface area contributed by atoms with Crippen molar-refractivity contribution in [3.05, 3.63) is 71.2 Å². The molecule has 0 fully saturated rings. The maximum absolute atomic E-state index is 12.9. The van der Waals surface area contributed by atoms with Crippen molar-refractivity contribution < 1.29 is 13.7 Å². The molecule has 5 heteroatoms. The van der Waals surface area contributed by atoms with Crippen molar-refractivity contribution in [2.24, 2.45) is 0 Å². The Morgan fingerprint density at radius 3 is 2.61 bits per heavy atom. The van der Waals surface area contributed by atoms with E-state index in [4.69, 9.17) is 4.52 Å². The van der Waals surface area contributed by atoms with Gasteiger partial charge < -0.3 is 9.84 Å². The number of nitrogens with zero attached hydrogens (tertiary/aromatic N) is 1. The SMILES string of the molecule is Cc1cccc(NC(=O)c2cc(-c3ccc(F)cc3)on2)c1C. The number of hydrogen-bond acceptors (Lipinski definition) is 3. The van der Waals surface area contributed by atoms with Gasteiger partial charge in [-0.15, -0.1) is 0 Å². The van der Waals surface area contributed by atoms with Crippen LogP contribution in [-0.4, -0.2) is 11.1 Å². The average Bonchev–Trinajstić information content (AvgIpc) is 3.02. The van der Waals surface area contributed by atoms with Crippen molar-refractivity contribution in [3.8, 4) is 11.3 Å². The molecule has 0 aliphatic carbocycles. The molecule has 0 bridgehead atoms. The van der Waals surface area contributed by atoms with Crippen LogP contribution in [-0.2, 0) is 0 Å². The smallest absolute Gasteiger partial charge is 0.277 e. The van der Waals surface area contributed by atoms with Gasteiger partial charge in [0.2, 0.25) is 0 Å². The fraction of sp³-hybridized carbons (Fsp3) is 0.111. The van der Waals surface area contributed by atoms with Crippen molar-refractivity contribution in [1.82, 2.24) is 5.16 Å². The van der Waals surface area contributed by atoms with Crippen LogP contribution in [0, 0.1) is 19.7 Å². The maximum atomic E-state index is 12.9. The van der Waals surface area contributed by atoms with E-state index in [9.17, 15) is 9.18 Å². The third-order valence-electron chi connectivity index (χ3n) is 3.72. The number of carbonyl (C=O) groups is 1. The van der Waals surface area contributed by atoms with Gasteiger partial charge in [0, 0.05) is 17.3 Å². The molecule has 0 atom stereocenters. The van der Waals surface area contributed by atoms with Gasteiger partial charge in [0.05, 0.1) is 0 Å². The van der Waals surface area contributed by atoms with Crippen LogP contribution in [0.25, 0.3) is 11.3 Å². The number of carbonyl (C=O) groups excluding carboxylic acids is 1. The van der Waals surface area contributed by atoms with E-state index in [1.807, 2.05) is 32.0 Å². The maximum Gasteiger partial charge on any atom is 0.277 e. The van der Waals surface area contributed by atoms with Gasteiger partial charge in [0.1, 0.15) is 5.82 Å². The summed E-state index contributed by atoms with van der Waals surface area (Å²) in [5.41, 5.74) is 3.66. The molecule has 1 heterocycles. The first-order valence-electron chi connectivity index (χ1n) is 7.15. The fourth-order valence-corrected chi connectivity index (χ4v) is 2.21. The molecular weight excluding hydrogens is 295 g/mol. The number of hydrogen-bond donors (Lipinski definition) is 1. The fourth-order valence-electron chi connectivity index (χ4n) is 2.21. The third-order valence-corrected chi connectivity index (χ3v) is 3.72. The van der Waals surface area contributed by atoms with Crippen molar-refractivity contribution in [3.63, 3.8) is 0 Å². The van der Waals surface area contributed by atoms with Gasteiger partial charge in [0.15, 0.2) is 11.5 Å². The van der Waals surface area contributed by atoms with Crippen LogP contribution in [0.5, 0.6) is 0 Å². The van der Waals surface area contributed by atoms with Crippen LogP contribution >= 0.6 is 0 Å². The lowest BCUT2D eigenvalue weighted by Crippen LogP contribution is -2.13. The highest BCUT2D eigenvalue weighted by molar-refractivity contribution is 6.03. The summed E-state index contributed by atoms with van der Waals surface area (Å²) in [6.07, 6.45) is 0. The number of anilines is 1. The zero-order chi connectivity index (χ0) is 16.4. The molecule has 0 aliphatic rings. The summed E-state index contributed by atoms with van der Waals surface area (Å²) >= 11 is 0. The Balaban J connectivity index is 1.81. The van der Waals surface area contributed by atoms with Crippen LogP contribution in [0.3, 0.4) is 0 Å². The molecule has 1 aromatic heterocycles. The number of rotatable bonds is 3. The normalized spacial score (nSPS) is 10.6. The summed E-state index contributed by atoms with van der Waals surface area (Å²) in [6, 6.07) is 13.0. The second-order valence-corrected chi connectivity index (χ2v) is 5.28. The first-order chi connectivity index (χ1) is 11.0. The molecule has 0 unspecified atom stereocenters. The van der Waals surface area contributed by atoms with Gasteiger partial charge in [-0.05, 0) is 55.3 Å². The Bertz CT molecular complexity index is 854. The van der Waals surface area contributed by atoms with Crippen molar-refractivity contribution in [2.75, 3.05) is 5.32 Å². The van der Waals surface area contributed by atoms with Crippen LogP contribution in [0.4, 0.5) is 10.1 Å². The molecule has 0 aliphatic heterocycles. The molecular formula is C18H15FN2O2. The van der Waals surface area contributed by atoms with Gasteiger partial charge in [0.25, 0.3) is 5.91 Å². The van der Waals surface area contributed by atoms with E-state index in [0.717, 1.165) is 16.8 Å². The Labute approximate surface area is 132 Å². The molecule has 0 saturated carbocycles. The van der Waals surface area contributed by atoms with E-state index < -0.39 is 0 Å². The second kappa shape index (κ2) is 6.04. The number of aromatic nitrogens is 1. The lowest BCUT2D eigenvalue weighted by atomic mass is 10.1. The van der Waals surface area contributed by atoms with E-state index in [1.54, 1.807) is 12.1 Å². The molecule has 4 nitrogen and oxygen atoms in total. The van der Waals surface area contributed by atoms with E-state index in [0.29, 0.717) is 11.3 Å². The van der Waals surface area contributed by atoms with E-state index in [1.165, 1.54) is 18.2 Å². The van der Waals surface area contributed by atoms with E-state index in [2.05, 4.69) is 10.5 Å². The summed E-state index contributed by atoms with van der Waals surface area (Å²) in [5.74, 6) is -0.270.